The number of amides is 1. The summed E-state index contributed by atoms with van der Waals surface area (Å²) < 4.78 is 0. The first-order valence-corrected chi connectivity index (χ1v) is 21.3. The normalized spacial score (nSPS) is 13.9. The molecule has 0 bridgehead atoms. The zero-order valence-corrected chi connectivity index (χ0v) is 33.3. The van der Waals surface area contributed by atoms with E-state index in [1.54, 1.807) is 6.08 Å². The molecule has 0 aliphatic rings. The first kappa shape index (κ1) is 48.6. The van der Waals surface area contributed by atoms with E-state index >= 15 is 0 Å². The lowest BCUT2D eigenvalue weighted by Gasteiger charge is -2.19. The van der Waals surface area contributed by atoms with Crippen molar-refractivity contribution in [1.29, 1.82) is 0 Å². The van der Waals surface area contributed by atoms with Gasteiger partial charge in [0.1, 0.15) is 0 Å². The molecule has 3 N–H and O–H groups in total. The third kappa shape index (κ3) is 38.6. The Kier molecular flexibility index (Phi) is 40.0. The van der Waals surface area contributed by atoms with E-state index in [1.807, 2.05) is 6.08 Å². The van der Waals surface area contributed by atoms with Gasteiger partial charge in [-0.25, -0.2) is 0 Å². The van der Waals surface area contributed by atoms with Crippen molar-refractivity contribution >= 4 is 5.91 Å². The molecule has 0 aromatic heterocycles. The van der Waals surface area contributed by atoms with Crippen molar-refractivity contribution in [2.24, 2.45) is 0 Å². The van der Waals surface area contributed by atoms with E-state index in [0.717, 1.165) is 83.5 Å². The van der Waals surface area contributed by atoms with Crippen LogP contribution in [0.1, 0.15) is 187 Å². The molecule has 0 radical (unpaired) electrons. The van der Waals surface area contributed by atoms with Crippen LogP contribution in [0.5, 0.6) is 0 Å². The Morgan fingerprint density at radius 3 is 1.37 bits per heavy atom. The number of allylic oxidation sites excluding steroid dienone is 13. The van der Waals surface area contributed by atoms with Gasteiger partial charge in [0, 0.05) is 6.42 Å². The van der Waals surface area contributed by atoms with Crippen LogP contribution in [0.4, 0.5) is 0 Å². The minimum absolute atomic E-state index is 0.105. The maximum atomic E-state index is 12.4. The van der Waals surface area contributed by atoms with Gasteiger partial charge in [-0.2, -0.15) is 0 Å². The fourth-order valence-electron chi connectivity index (χ4n) is 5.85. The van der Waals surface area contributed by atoms with E-state index in [-0.39, 0.29) is 12.5 Å². The molecule has 0 aliphatic heterocycles. The van der Waals surface area contributed by atoms with Gasteiger partial charge in [-0.1, -0.05) is 182 Å². The molecular weight excluding hydrogens is 627 g/mol. The first-order chi connectivity index (χ1) is 25.2. The molecule has 0 aromatic rings. The lowest BCUT2D eigenvalue weighted by atomic mass is 10.0. The predicted molar refractivity (Wildman–Crippen MR) is 225 cm³/mol. The van der Waals surface area contributed by atoms with Gasteiger partial charge in [0.25, 0.3) is 0 Å². The Morgan fingerprint density at radius 2 is 0.882 bits per heavy atom. The minimum atomic E-state index is -0.885. The molecule has 1 amide bonds. The molecule has 0 spiro atoms. The highest BCUT2D eigenvalue weighted by Crippen LogP contribution is 2.13. The highest BCUT2D eigenvalue weighted by atomic mass is 16.3. The number of carbonyl (C=O) groups excluding carboxylic acids is 1. The molecule has 0 fully saturated rings. The average Bonchev–Trinajstić information content (AvgIpc) is 3.13. The van der Waals surface area contributed by atoms with Gasteiger partial charge in [0.05, 0.1) is 18.8 Å². The van der Waals surface area contributed by atoms with Crippen molar-refractivity contribution in [3.63, 3.8) is 0 Å². The fraction of sp³-hybridized carbons (Fsp3) is 0.681. The molecule has 0 aliphatic carbocycles. The van der Waals surface area contributed by atoms with Gasteiger partial charge in [-0.3, -0.25) is 4.79 Å². The molecule has 4 nitrogen and oxygen atoms in total. The summed E-state index contributed by atoms with van der Waals surface area (Å²) in [5.74, 6) is -0.105. The number of nitrogens with one attached hydrogen (secondary N) is 1. The second-order valence-electron chi connectivity index (χ2n) is 14.0. The average molecular weight is 708 g/mol. The summed E-state index contributed by atoms with van der Waals surface area (Å²) in [6.45, 7) is 4.16. The van der Waals surface area contributed by atoms with E-state index in [9.17, 15) is 15.0 Å². The lowest BCUT2D eigenvalue weighted by Crippen LogP contribution is -2.45. The molecule has 0 aromatic carbocycles. The van der Waals surface area contributed by atoms with Crippen LogP contribution in [0.2, 0.25) is 0 Å². The Morgan fingerprint density at radius 1 is 0.490 bits per heavy atom. The summed E-state index contributed by atoms with van der Waals surface area (Å²) >= 11 is 0. The van der Waals surface area contributed by atoms with Crippen molar-refractivity contribution in [2.75, 3.05) is 6.61 Å². The Hall–Kier alpha value is -2.43. The summed E-state index contributed by atoms with van der Waals surface area (Å²) in [5.41, 5.74) is 0. The molecule has 51 heavy (non-hydrogen) atoms. The minimum Gasteiger partial charge on any atom is -0.394 e. The number of hydrogen-bond donors (Lipinski definition) is 3. The van der Waals surface area contributed by atoms with Gasteiger partial charge < -0.3 is 15.5 Å². The van der Waals surface area contributed by atoms with E-state index in [0.29, 0.717) is 6.42 Å². The van der Waals surface area contributed by atoms with E-state index in [2.05, 4.69) is 92.1 Å². The summed E-state index contributed by atoms with van der Waals surface area (Å²) in [7, 11) is 0. The second-order valence-corrected chi connectivity index (χ2v) is 14.0. The quantitative estimate of drug-likeness (QED) is 0.0445. The highest BCUT2D eigenvalue weighted by molar-refractivity contribution is 5.76. The van der Waals surface area contributed by atoms with Gasteiger partial charge >= 0.3 is 0 Å². The van der Waals surface area contributed by atoms with Crippen LogP contribution >= 0.6 is 0 Å². The summed E-state index contributed by atoms with van der Waals surface area (Å²) in [6.07, 6.45) is 61.1. The van der Waals surface area contributed by atoms with E-state index in [1.165, 1.54) is 83.5 Å². The summed E-state index contributed by atoms with van der Waals surface area (Å²) in [6, 6.07) is -0.663. The van der Waals surface area contributed by atoms with Crippen molar-refractivity contribution in [1.82, 2.24) is 5.32 Å². The van der Waals surface area contributed by atoms with Crippen LogP contribution in [-0.2, 0) is 4.79 Å². The molecule has 2 unspecified atom stereocenters. The molecule has 0 saturated carbocycles. The topological polar surface area (TPSA) is 69.6 Å². The highest BCUT2D eigenvalue weighted by Gasteiger charge is 2.17. The number of unbranched alkanes of at least 4 members (excludes halogenated alkanes) is 18. The fourth-order valence-corrected chi connectivity index (χ4v) is 5.85. The van der Waals surface area contributed by atoms with Crippen LogP contribution in [0.15, 0.2) is 85.1 Å². The van der Waals surface area contributed by atoms with Crippen LogP contribution in [-0.4, -0.2) is 34.9 Å². The maximum absolute atomic E-state index is 12.4. The number of hydrogen-bond acceptors (Lipinski definition) is 3. The Balaban J connectivity index is 3.73. The van der Waals surface area contributed by atoms with Gasteiger partial charge in [-0.15, -0.1) is 0 Å². The number of aliphatic hydroxyl groups excluding tert-OH is 2. The first-order valence-electron chi connectivity index (χ1n) is 21.3. The monoisotopic (exact) mass is 708 g/mol. The predicted octanol–water partition coefficient (Wildman–Crippen LogP) is 13.3. The molecule has 4 heteroatoms. The Labute approximate surface area is 316 Å². The molecule has 0 heterocycles. The van der Waals surface area contributed by atoms with Crippen LogP contribution < -0.4 is 5.32 Å². The Bertz CT molecular complexity index is 941. The maximum Gasteiger partial charge on any atom is 0.220 e. The number of aliphatic hydroxyl groups is 2. The molecule has 2 atom stereocenters. The third-order valence-electron chi connectivity index (χ3n) is 9.09. The van der Waals surface area contributed by atoms with Crippen molar-refractivity contribution in [3.05, 3.63) is 85.1 Å². The second kappa shape index (κ2) is 42.0. The number of carbonyl (C=O) groups is 1. The van der Waals surface area contributed by atoms with Crippen LogP contribution in [0, 0.1) is 0 Å². The zero-order chi connectivity index (χ0) is 37.1. The standard InChI is InChI=1S/C47H81NO3/c1-3-5-7-9-11-13-15-17-19-21-22-23-24-25-27-28-30-32-34-36-38-40-42-46(50)45(44-49)48-47(51)43-41-39-37-35-33-31-29-26-20-18-16-14-12-10-8-6-4-2/h6,8,12,14,18,20,25,27,29,31-32,34,40,42,45-46,49-50H,3-5,7,9-11,13,15-17,19,21-24,26,28,30,33,35-39,41,43-44H2,1-2H3,(H,48,51)/b8-6-,14-12-,20-18-,27-25+,31-29-,34-32+,42-40+. The summed E-state index contributed by atoms with van der Waals surface area (Å²) in [5, 5.41) is 22.9. The van der Waals surface area contributed by atoms with Gasteiger partial charge in [0.15, 0.2) is 0 Å². The number of rotatable bonds is 37. The van der Waals surface area contributed by atoms with Crippen molar-refractivity contribution in [3.8, 4) is 0 Å². The molecular formula is C47H81NO3. The third-order valence-corrected chi connectivity index (χ3v) is 9.09. The zero-order valence-electron chi connectivity index (χ0n) is 33.3. The van der Waals surface area contributed by atoms with Crippen molar-refractivity contribution < 1.29 is 15.0 Å². The van der Waals surface area contributed by atoms with E-state index < -0.39 is 12.1 Å². The van der Waals surface area contributed by atoms with Crippen LogP contribution in [0.25, 0.3) is 0 Å². The van der Waals surface area contributed by atoms with Crippen LogP contribution in [0.3, 0.4) is 0 Å². The van der Waals surface area contributed by atoms with Gasteiger partial charge in [0.2, 0.25) is 5.91 Å². The lowest BCUT2D eigenvalue weighted by molar-refractivity contribution is -0.123. The molecule has 0 rings (SSSR count). The molecule has 292 valence electrons. The smallest absolute Gasteiger partial charge is 0.220 e. The van der Waals surface area contributed by atoms with Crippen molar-refractivity contribution in [2.45, 2.75) is 199 Å². The SMILES string of the molecule is CC/C=C\C/C=C\C/C=C\C/C=C\CCCCCCC(=O)NC(CO)C(O)/C=C/CC/C=C/CC/C=C/CCCCCCCCCCCCCC. The summed E-state index contributed by atoms with van der Waals surface area (Å²) in [4.78, 5) is 12.4. The largest absolute Gasteiger partial charge is 0.394 e. The molecule has 0 saturated heterocycles. The van der Waals surface area contributed by atoms with Gasteiger partial charge in [-0.05, 0) is 83.5 Å². The van der Waals surface area contributed by atoms with E-state index in [4.69, 9.17) is 0 Å².